The maximum atomic E-state index is 12.1. The molecule has 1 fully saturated rings. The molecule has 8 nitrogen and oxygen atoms in total. The summed E-state index contributed by atoms with van der Waals surface area (Å²) in [5.74, 6) is 0.563. The molecule has 0 aliphatic carbocycles. The summed E-state index contributed by atoms with van der Waals surface area (Å²) in [4.78, 5) is 15.9. The fourth-order valence-electron chi connectivity index (χ4n) is 2.87. The van der Waals surface area contributed by atoms with Gasteiger partial charge in [0.05, 0.1) is 6.61 Å². The number of nitrogen functional groups attached to an aromatic ring is 1. The third-order valence-electron chi connectivity index (χ3n) is 3.93. The van der Waals surface area contributed by atoms with E-state index in [2.05, 4.69) is 18.8 Å². The van der Waals surface area contributed by atoms with E-state index in [4.69, 9.17) is 15.6 Å². The Labute approximate surface area is 140 Å². The zero-order chi connectivity index (χ0) is 18.0. The summed E-state index contributed by atoms with van der Waals surface area (Å²) in [5, 5.41) is 29.1. The van der Waals surface area contributed by atoms with Gasteiger partial charge in [0.1, 0.15) is 24.1 Å². The largest absolute Gasteiger partial charge is 0.394 e. The van der Waals surface area contributed by atoms with Crippen LogP contribution in [0, 0.1) is 5.92 Å². The minimum absolute atomic E-state index is 0.0890. The number of nitrogens with two attached hydrogens (primary N) is 1. The first-order valence-electron chi connectivity index (χ1n) is 7.92. The second-order valence-corrected chi connectivity index (χ2v) is 6.59. The first-order valence-corrected chi connectivity index (χ1v) is 7.92. The van der Waals surface area contributed by atoms with Gasteiger partial charge >= 0.3 is 5.69 Å². The zero-order valence-corrected chi connectivity index (χ0v) is 14.1. The quantitative estimate of drug-likeness (QED) is 0.588. The van der Waals surface area contributed by atoms with Gasteiger partial charge in [-0.3, -0.25) is 4.57 Å². The summed E-state index contributed by atoms with van der Waals surface area (Å²) in [6.07, 6.45) is -0.572. The highest BCUT2D eigenvalue weighted by molar-refractivity contribution is 5.61. The second-order valence-electron chi connectivity index (χ2n) is 6.59. The van der Waals surface area contributed by atoms with Gasteiger partial charge in [-0.2, -0.15) is 4.98 Å². The zero-order valence-electron chi connectivity index (χ0n) is 14.1. The van der Waals surface area contributed by atoms with E-state index in [9.17, 15) is 15.0 Å². The number of aliphatic hydroxyl groups is 3. The molecule has 2 rings (SSSR count). The first-order chi connectivity index (χ1) is 11.2. The average Bonchev–Trinajstić information content (AvgIpc) is 2.77. The van der Waals surface area contributed by atoms with Crippen molar-refractivity contribution in [2.24, 2.45) is 5.92 Å². The van der Waals surface area contributed by atoms with Crippen LogP contribution in [-0.2, 0) is 4.74 Å². The van der Waals surface area contributed by atoms with Crippen LogP contribution in [-0.4, -0.2) is 49.8 Å². The molecule has 134 valence electrons. The lowest BCUT2D eigenvalue weighted by atomic mass is 10.0. The van der Waals surface area contributed by atoms with Gasteiger partial charge < -0.3 is 25.8 Å². The minimum Gasteiger partial charge on any atom is -0.394 e. The molecule has 0 bridgehead atoms. The SMILES string of the molecule is CC(=Cc1cn([C@@H]2O[C@H](CO)C(O)C2O)c(=O)nc1N)CC(C)C. The Morgan fingerprint density at radius 2 is 2.12 bits per heavy atom. The monoisotopic (exact) mass is 339 g/mol. The number of hydrogen-bond acceptors (Lipinski definition) is 7. The summed E-state index contributed by atoms with van der Waals surface area (Å²) < 4.78 is 6.47. The highest BCUT2D eigenvalue weighted by Gasteiger charge is 2.43. The fourth-order valence-corrected chi connectivity index (χ4v) is 2.87. The lowest BCUT2D eigenvalue weighted by Gasteiger charge is -2.18. The van der Waals surface area contributed by atoms with E-state index in [1.807, 2.05) is 13.0 Å². The minimum atomic E-state index is -1.35. The number of hydrogen-bond donors (Lipinski definition) is 4. The van der Waals surface area contributed by atoms with E-state index >= 15 is 0 Å². The Kier molecular flexibility index (Phi) is 5.76. The molecule has 0 amide bonds. The molecule has 2 heterocycles. The molecule has 1 aromatic heterocycles. The lowest BCUT2D eigenvalue weighted by molar-refractivity contribution is -0.0549. The van der Waals surface area contributed by atoms with Gasteiger partial charge in [-0.05, 0) is 19.3 Å². The van der Waals surface area contributed by atoms with Gasteiger partial charge in [0, 0.05) is 11.8 Å². The van der Waals surface area contributed by atoms with Crippen LogP contribution in [0.25, 0.3) is 6.08 Å². The van der Waals surface area contributed by atoms with Crippen molar-refractivity contribution in [3.05, 3.63) is 27.8 Å². The van der Waals surface area contributed by atoms with E-state index in [0.29, 0.717) is 11.5 Å². The lowest BCUT2D eigenvalue weighted by Crippen LogP contribution is -2.36. The van der Waals surface area contributed by atoms with Crippen molar-refractivity contribution in [1.82, 2.24) is 9.55 Å². The van der Waals surface area contributed by atoms with Crippen LogP contribution >= 0.6 is 0 Å². The van der Waals surface area contributed by atoms with Crippen LogP contribution in [0.1, 0.15) is 39.0 Å². The number of anilines is 1. The molecule has 1 aromatic rings. The number of aromatic nitrogens is 2. The molecule has 1 aliphatic rings. The third-order valence-corrected chi connectivity index (χ3v) is 3.93. The highest BCUT2D eigenvalue weighted by Crippen LogP contribution is 2.29. The number of allylic oxidation sites excluding steroid dienone is 1. The third kappa shape index (κ3) is 3.84. The van der Waals surface area contributed by atoms with Crippen LogP contribution in [0.15, 0.2) is 16.6 Å². The molecule has 5 N–H and O–H groups in total. The van der Waals surface area contributed by atoms with E-state index in [1.54, 1.807) is 0 Å². The molecule has 0 aromatic carbocycles. The summed E-state index contributed by atoms with van der Waals surface area (Å²) in [7, 11) is 0. The smallest absolute Gasteiger partial charge is 0.351 e. The standard InChI is InChI=1S/C16H25N3O5/c1-8(2)4-9(3)5-10-6-19(16(23)18-14(10)17)15-13(22)12(21)11(7-20)24-15/h5-6,8,11-13,15,20-22H,4,7H2,1-3H3,(H2,17,18,23)/t11-,12?,13?,15-/m1/s1. The van der Waals surface area contributed by atoms with E-state index in [-0.39, 0.29) is 5.82 Å². The Balaban J connectivity index is 2.39. The van der Waals surface area contributed by atoms with Crippen LogP contribution in [0.3, 0.4) is 0 Å². The van der Waals surface area contributed by atoms with Crippen molar-refractivity contribution < 1.29 is 20.1 Å². The highest BCUT2D eigenvalue weighted by atomic mass is 16.6. The van der Waals surface area contributed by atoms with Crippen molar-refractivity contribution in [3.8, 4) is 0 Å². The summed E-state index contributed by atoms with van der Waals surface area (Å²) >= 11 is 0. The number of rotatable bonds is 5. The van der Waals surface area contributed by atoms with Crippen molar-refractivity contribution >= 4 is 11.9 Å². The molecule has 1 saturated heterocycles. The van der Waals surface area contributed by atoms with Crippen LogP contribution in [0.4, 0.5) is 5.82 Å². The summed E-state index contributed by atoms with van der Waals surface area (Å²) in [6, 6.07) is 0. The molecule has 4 atom stereocenters. The molecule has 1 aliphatic heterocycles. The van der Waals surface area contributed by atoms with Gasteiger partial charge in [-0.1, -0.05) is 25.5 Å². The first kappa shape index (κ1) is 18.6. The molecule has 8 heteroatoms. The van der Waals surface area contributed by atoms with Crippen molar-refractivity contribution in [2.75, 3.05) is 12.3 Å². The predicted molar refractivity (Wildman–Crippen MR) is 89.0 cm³/mol. The Morgan fingerprint density at radius 1 is 1.46 bits per heavy atom. The van der Waals surface area contributed by atoms with Crippen LogP contribution in [0.2, 0.25) is 0 Å². The van der Waals surface area contributed by atoms with Gasteiger partial charge in [-0.15, -0.1) is 0 Å². The Bertz CT molecular complexity index is 670. The number of ether oxygens (including phenoxy) is 1. The van der Waals surface area contributed by atoms with Crippen LogP contribution in [0.5, 0.6) is 0 Å². The van der Waals surface area contributed by atoms with E-state index in [0.717, 1.165) is 16.6 Å². The Morgan fingerprint density at radius 3 is 2.67 bits per heavy atom. The topological polar surface area (TPSA) is 131 Å². The molecule has 0 saturated carbocycles. The predicted octanol–water partition coefficient (Wildman–Crippen LogP) is -0.114. The van der Waals surface area contributed by atoms with Gasteiger partial charge in [0.25, 0.3) is 0 Å². The molecule has 0 spiro atoms. The fraction of sp³-hybridized carbons (Fsp3) is 0.625. The average molecular weight is 339 g/mol. The van der Waals surface area contributed by atoms with E-state index in [1.165, 1.54) is 6.20 Å². The summed E-state index contributed by atoms with van der Waals surface area (Å²) in [6.45, 7) is 5.69. The van der Waals surface area contributed by atoms with Gasteiger partial charge in [-0.25, -0.2) is 4.79 Å². The second kappa shape index (κ2) is 7.43. The molecule has 2 unspecified atom stereocenters. The Hall–Kier alpha value is -1.74. The van der Waals surface area contributed by atoms with Crippen molar-refractivity contribution in [1.29, 1.82) is 0 Å². The number of aliphatic hydroxyl groups excluding tert-OH is 3. The maximum absolute atomic E-state index is 12.1. The van der Waals surface area contributed by atoms with E-state index < -0.39 is 36.8 Å². The molecule has 0 radical (unpaired) electrons. The molecule has 24 heavy (non-hydrogen) atoms. The van der Waals surface area contributed by atoms with Crippen LogP contribution < -0.4 is 11.4 Å². The van der Waals surface area contributed by atoms with Crippen molar-refractivity contribution in [3.63, 3.8) is 0 Å². The maximum Gasteiger partial charge on any atom is 0.351 e. The number of nitrogens with zero attached hydrogens (tertiary/aromatic N) is 2. The summed E-state index contributed by atoms with van der Waals surface area (Å²) in [5.41, 5.74) is 6.74. The van der Waals surface area contributed by atoms with Gasteiger partial charge in [0.2, 0.25) is 0 Å². The molecular weight excluding hydrogens is 314 g/mol. The van der Waals surface area contributed by atoms with Gasteiger partial charge in [0.15, 0.2) is 6.23 Å². The normalized spacial score (nSPS) is 27.9. The molecular formula is C16H25N3O5. The van der Waals surface area contributed by atoms with Crippen molar-refractivity contribution in [2.45, 2.75) is 51.7 Å².